The van der Waals surface area contributed by atoms with Crippen LogP contribution >= 0.6 is 0 Å². The Kier molecular flexibility index (Phi) is 8.84. The number of sulfonamides is 1. The van der Waals surface area contributed by atoms with Gasteiger partial charge in [0.1, 0.15) is 0 Å². The van der Waals surface area contributed by atoms with E-state index in [1.54, 1.807) is 12.1 Å². The molecule has 0 aromatic heterocycles. The summed E-state index contributed by atoms with van der Waals surface area (Å²) in [4.78, 5) is 15.1. The van der Waals surface area contributed by atoms with Crippen molar-refractivity contribution in [2.75, 3.05) is 26.2 Å². The number of benzene rings is 2. The number of hydrogen-bond acceptors (Lipinski definition) is 4. The first-order chi connectivity index (χ1) is 15.3. The highest BCUT2D eigenvalue weighted by Gasteiger charge is 2.21. The average Bonchev–Trinajstić information content (AvgIpc) is 2.77. The summed E-state index contributed by atoms with van der Waals surface area (Å²) in [6, 6.07) is 15.5. The van der Waals surface area contributed by atoms with Crippen molar-refractivity contribution < 1.29 is 13.2 Å². The number of unbranched alkanes of at least 4 members (excludes halogenated alkanes) is 1. The summed E-state index contributed by atoms with van der Waals surface area (Å²) < 4.78 is 27.8. The molecule has 0 spiro atoms. The maximum Gasteiger partial charge on any atom is 0.251 e. The second-order valence-corrected chi connectivity index (χ2v) is 10.8. The number of amides is 1. The standard InChI is InChI=1S/C25H35N3O3S/c1-20-15-21(2)19-28(18-20)14-7-6-13-26-25(29)23-11-8-12-24(16-23)32(30,31)27-17-22-9-4-3-5-10-22/h3-5,8-12,16,20-21,27H,6-7,13-15,17-19H2,1-2H3,(H,26,29). The highest BCUT2D eigenvalue weighted by molar-refractivity contribution is 7.89. The lowest BCUT2D eigenvalue weighted by Crippen LogP contribution is -2.39. The van der Waals surface area contributed by atoms with E-state index in [0.717, 1.165) is 49.9 Å². The molecule has 2 unspecified atom stereocenters. The zero-order valence-corrected chi connectivity index (χ0v) is 19.9. The quantitative estimate of drug-likeness (QED) is 0.534. The number of hydrogen-bond donors (Lipinski definition) is 2. The first-order valence-electron chi connectivity index (χ1n) is 11.5. The van der Waals surface area contributed by atoms with Crippen LogP contribution in [-0.2, 0) is 16.6 Å². The van der Waals surface area contributed by atoms with E-state index >= 15 is 0 Å². The third-order valence-electron chi connectivity index (χ3n) is 5.85. The Bertz CT molecular complexity index is 969. The van der Waals surface area contributed by atoms with Gasteiger partial charge in [0.2, 0.25) is 10.0 Å². The van der Waals surface area contributed by atoms with E-state index in [1.807, 2.05) is 30.3 Å². The van der Waals surface area contributed by atoms with Gasteiger partial charge in [0, 0.05) is 31.7 Å². The third-order valence-corrected chi connectivity index (χ3v) is 7.25. The van der Waals surface area contributed by atoms with Crippen molar-refractivity contribution in [1.82, 2.24) is 14.9 Å². The zero-order valence-electron chi connectivity index (χ0n) is 19.1. The molecule has 1 amide bonds. The minimum atomic E-state index is -3.70. The minimum Gasteiger partial charge on any atom is -0.352 e. The lowest BCUT2D eigenvalue weighted by atomic mass is 9.92. The molecule has 0 aliphatic carbocycles. The second kappa shape index (κ2) is 11.6. The van der Waals surface area contributed by atoms with E-state index < -0.39 is 10.0 Å². The molecule has 1 aliphatic rings. The van der Waals surface area contributed by atoms with Crippen LogP contribution in [-0.4, -0.2) is 45.4 Å². The molecule has 0 saturated carbocycles. The van der Waals surface area contributed by atoms with Gasteiger partial charge in [-0.15, -0.1) is 0 Å². The summed E-state index contributed by atoms with van der Waals surface area (Å²) in [6.07, 6.45) is 3.25. The Morgan fingerprint density at radius 2 is 1.72 bits per heavy atom. The summed E-state index contributed by atoms with van der Waals surface area (Å²) in [7, 11) is -3.70. The molecule has 3 rings (SSSR count). The maximum atomic E-state index is 12.6. The van der Waals surface area contributed by atoms with Gasteiger partial charge in [0.25, 0.3) is 5.91 Å². The number of carbonyl (C=O) groups is 1. The molecular weight excluding hydrogens is 422 g/mol. The molecule has 6 nitrogen and oxygen atoms in total. The van der Waals surface area contributed by atoms with Crippen LogP contribution in [0, 0.1) is 11.8 Å². The van der Waals surface area contributed by atoms with Crippen molar-refractivity contribution in [1.29, 1.82) is 0 Å². The molecule has 2 aromatic rings. The van der Waals surface area contributed by atoms with Crippen LogP contribution in [0.2, 0.25) is 0 Å². The Balaban J connectivity index is 1.45. The van der Waals surface area contributed by atoms with Gasteiger partial charge in [-0.3, -0.25) is 4.79 Å². The van der Waals surface area contributed by atoms with Gasteiger partial charge in [0.05, 0.1) is 4.90 Å². The van der Waals surface area contributed by atoms with Crippen molar-refractivity contribution in [3.63, 3.8) is 0 Å². The summed E-state index contributed by atoms with van der Waals surface area (Å²) in [5.74, 6) is 1.26. The topological polar surface area (TPSA) is 78.5 Å². The second-order valence-electron chi connectivity index (χ2n) is 9.01. The maximum absolute atomic E-state index is 12.6. The normalized spacial score (nSPS) is 19.6. The summed E-state index contributed by atoms with van der Waals surface area (Å²) in [5.41, 5.74) is 1.23. The fourth-order valence-electron chi connectivity index (χ4n) is 4.40. The Morgan fingerprint density at radius 1 is 1.00 bits per heavy atom. The Morgan fingerprint density at radius 3 is 2.44 bits per heavy atom. The zero-order chi connectivity index (χ0) is 23.0. The first kappa shape index (κ1) is 24.4. The van der Waals surface area contributed by atoms with E-state index in [-0.39, 0.29) is 17.3 Å². The van der Waals surface area contributed by atoms with Crippen LogP contribution in [0.3, 0.4) is 0 Å². The molecule has 0 bridgehead atoms. The molecule has 2 N–H and O–H groups in total. The van der Waals surface area contributed by atoms with Crippen molar-refractivity contribution >= 4 is 15.9 Å². The van der Waals surface area contributed by atoms with Crippen LogP contribution in [0.5, 0.6) is 0 Å². The summed E-state index contributed by atoms with van der Waals surface area (Å²) in [5, 5.41) is 2.92. The van der Waals surface area contributed by atoms with Crippen molar-refractivity contribution in [3.05, 3.63) is 65.7 Å². The van der Waals surface area contributed by atoms with Gasteiger partial charge >= 0.3 is 0 Å². The van der Waals surface area contributed by atoms with Gasteiger partial charge in [0.15, 0.2) is 0 Å². The molecule has 0 radical (unpaired) electrons. The molecule has 2 aromatic carbocycles. The Hall–Kier alpha value is -2.22. The average molecular weight is 458 g/mol. The van der Waals surface area contributed by atoms with E-state index in [4.69, 9.17) is 0 Å². The molecular formula is C25H35N3O3S. The van der Waals surface area contributed by atoms with E-state index in [1.165, 1.54) is 18.6 Å². The van der Waals surface area contributed by atoms with Crippen LogP contribution in [0.1, 0.15) is 49.0 Å². The fourth-order valence-corrected chi connectivity index (χ4v) is 5.46. The van der Waals surface area contributed by atoms with Crippen molar-refractivity contribution in [2.45, 2.75) is 44.6 Å². The molecule has 1 heterocycles. The van der Waals surface area contributed by atoms with E-state index in [2.05, 4.69) is 28.8 Å². The summed E-state index contributed by atoms with van der Waals surface area (Å²) >= 11 is 0. The number of carbonyl (C=O) groups excluding carboxylic acids is 1. The molecule has 1 fully saturated rings. The van der Waals surface area contributed by atoms with Gasteiger partial charge < -0.3 is 10.2 Å². The largest absolute Gasteiger partial charge is 0.352 e. The lowest BCUT2D eigenvalue weighted by Gasteiger charge is -2.34. The molecule has 32 heavy (non-hydrogen) atoms. The molecule has 7 heteroatoms. The number of piperidine rings is 1. The smallest absolute Gasteiger partial charge is 0.251 e. The molecule has 1 aliphatic heterocycles. The molecule has 1 saturated heterocycles. The van der Waals surface area contributed by atoms with Gasteiger partial charge in [-0.25, -0.2) is 13.1 Å². The van der Waals surface area contributed by atoms with Crippen molar-refractivity contribution in [3.8, 4) is 0 Å². The predicted molar refractivity (Wildman–Crippen MR) is 128 cm³/mol. The predicted octanol–water partition coefficient (Wildman–Crippen LogP) is 3.65. The highest BCUT2D eigenvalue weighted by atomic mass is 32.2. The summed E-state index contributed by atoms with van der Waals surface area (Å²) in [6.45, 7) is 8.80. The Labute approximate surface area is 192 Å². The fraction of sp³-hybridized carbons (Fsp3) is 0.480. The number of likely N-dealkylation sites (tertiary alicyclic amines) is 1. The van der Waals surface area contributed by atoms with E-state index in [0.29, 0.717) is 12.1 Å². The minimum absolute atomic E-state index is 0.0921. The third kappa shape index (κ3) is 7.43. The number of nitrogens with one attached hydrogen (secondary N) is 2. The van der Waals surface area contributed by atoms with Gasteiger partial charge in [-0.05, 0) is 61.4 Å². The SMILES string of the molecule is CC1CC(C)CN(CCCCNC(=O)c2cccc(S(=O)(=O)NCc3ccccc3)c2)C1. The number of rotatable bonds is 10. The lowest BCUT2D eigenvalue weighted by molar-refractivity contribution is 0.0951. The van der Waals surface area contributed by atoms with E-state index in [9.17, 15) is 13.2 Å². The highest BCUT2D eigenvalue weighted by Crippen LogP contribution is 2.21. The van der Waals surface area contributed by atoms with Gasteiger partial charge in [-0.1, -0.05) is 50.2 Å². The first-order valence-corrected chi connectivity index (χ1v) is 13.0. The molecule has 174 valence electrons. The van der Waals surface area contributed by atoms with Crippen LogP contribution in [0.15, 0.2) is 59.5 Å². The number of nitrogens with zero attached hydrogens (tertiary/aromatic N) is 1. The molecule has 2 atom stereocenters. The monoisotopic (exact) mass is 457 g/mol. The van der Waals surface area contributed by atoms with Crippen molar-refractivity contribution in [2.24, 2.45) is 11.8 Å². The van der Waals surface area contributed by atoms with Crippen LogP contribution < -0.4 is 10.0 Å². The van der Waals surface area contributed by atoms with Crippen LogP contribution in [0.4, 0.5) is 0 Å². The van der Waals surface area contributed by atoms with Crippen LogP contribution in [0.25, 0.3) is 0 Å². The van der Waals surface area contributed by atoms with Gasteiger partial charge in [-0.2, -0.15) is 0 Å².